The summed E-state index contributed by atoms with van der Waals surface area (Å²) in [5.41, 5.74) is 0.983. The van der Waals surface area contributed by atoms with Crippen LogP contribution in [0.25, 0.3) is 11.4 Å². The molecule has 0 unspecified atom stereocenters. The largest absolute Gasteiger partial charge is 0.452 e. The summed E-state index contributed by atoms with van der Waals surface area (Å²) in [5.74, 6) is -0.0658. The van der Waals surface area contributed by atoms with E-state index in [0.717, 1.165) is 31.2 Å². The van der Waals surface area contributed by atoms with Crippen LogP contribution in [0, 0.1) is 0 Å². The van der Waals surface area contributed by atoms with Gasteiger partial charge in [-0.15, -0.1) is 0 Å². The highest BCUT2D eigenvalue weighted by molar-refractivity contribution is 7.89. The molecule has 0 bridgehead atoms. The second-order valence-electron chi connectivity index (χ2n) is 6.95. The van der Waals surface area contributed by atoms with E-state index in [2.05, 4.69) is 10.1 Å². The van der Waals surface area contributed by atoms with Crippen LogP contribution < -0.4 is 0 Å². The lowest BCUT2D eigenvalue weighted by Crippen LogP contribution is -2.32. The van der Waals surface area contributed by atoms with Gasteiger partial charge in [0.05, 0.1) is 10.5 Å². The molecule has 0 aliphatic carbocycles. The molecule has 10 heteroatoms. The van der Waals surface area contributed by atoms with E-state index in [0.29, 0.717) is 18.9 Å². The van der Waals surface area contributed by atoms with Crippen molar-refractivity contribution in [2.75, 3.05) is 13.1 Å². The van der Waals surface area contributed by atoms with Crippen LogP contribution in [-0.2, 0) is 21.4 Å². The monoisotopic (exact) mass is 447 g/mol. The van der Waals surface area contributed by atoms with Crippen LogP contribution >= 0.6 is 11.3 Å². The van der Waals surface area contributed by atoms with Crippen LogP contribution in [-0.4, -0.2) is 41.9 Å². The molecular weight excluding hydrogens is 426 g/mol. The lowest BCUT2D eigenvalue weighted by Gasteiger charge is -2.20. The van der Waals surface area contributed by atoms with Gasteiger partial charge in [0.1, 0.15) is 0 Å². The van der Waals surface area contributed by atoms with Gasteiger partial charge in [0.25, 0.3) is 5.89 Å². The Balaban J connectivity index is 1.43. The van der Waals surface area contributed by atoms with Crippen molar-refractivity contribution >= 4 is 27.3 Å². The maximum atomic E-state index is 13.0. The van der Waals surface area contributed by atoms with E-state index >= 15 is 0 Å². The molecular formula is C20H21N3O5S2. The maximum Gasteiger partial charge on any atom is 0.338 e. The summed E-state index contributed by atoms with van der Waals surface area (Å²) in [7, 11) is -3.64. The van der Waals surface area contributed by atoms with E-state index in [1.807, 2.05) is 16.8 Å². The lowest BCUT2D eigenvalue weighted by molar-refractivity contribution is 0.0429. The molecule has 0 radical (unpaired) electrons. The summed E-state index contributed by atoms with van der Waals surface area (Å²) in [6, 6.07) is 7.79. The first-order chi connectivity index (χ1) is 14.5. The minimum Gasteiger partial charge on any atom is -0.452 e. The van der Waals surface area contributed by atoms with Gasteiger partial charge >= 0.3 is 5.97 Å². The molecule has 0 amide bonds. The Morgan fingerprint density at radius 1 is 1.17 bits per heavy atom. The van der Waals surface area contributed by atoms with Crippen LogP contribution in [0.3, 0.4) is 0 Å². The second kappa shape index (κ2) is 9.07. The van der Waals surface area contributed by atoms with Gasteiger partial charge in [0, 0.05) is 24.0 Å². The fourth-order valence-corrected chi connectivity index (χ4v) is 5.45. The predicted molar refractivity (Wildman–Crippen MR) is 110 cm³/mol. The fraction of sp³-hybridized carbons (Fsp3) is 0.350. The van der Waals surface area contributed by atoms with Crippen molar-refractivity contribution in [1.29, 1.82) is 0 Å². The number of hydrogen-bond donors (Lipinski definition) is 0. The number of carbonyl (C=O) groups excluding carboxylic acids is 1. The topological polar surface area (TPSA) is 103 Å². The second-order valence-corrected chi connectivity index (χ2v) is 9.66. The molecule has 0 spiro atoms. The molecule has 1 aliphatic heterocycles. The Morgan fingerprint density at radius 3 is 2.70 bits per heavy atom. The quantitative estimate of drug-likeness (QED) is 0.531. The first kappa shape index (κ1) is 20.7. The number of nitrogens with zero attached hydrogens (tertiary/aromatic N) is 3. The molecule has 1 aliphatic rings. The van der Waals surface area contributed by atoms with E-state index < -0.39 is 16.0 Å². The maximum absolute atomic E-state index is 13.0. The zero-order chi connectivity index (χ0) is 21.0. The number of benzene rings is 1. The number of rotatable bonds is 6. The molecule has 30 heavy (non-hydrogen) atoms. The first-order valence-electron chi connectivity index (χ1n) is 9.66. The van der Waals surface area contributed by atoms with Crippen LogP contribution in [0.2, 0.25) is 0 Å². The van der Waals surface area contributed by atoms with Crippen molar-refractivity contribution in [3.8, 4) is 11.4 Å². The van der Waals surface area contributed by atoms with Crippen LogP contribution in [0.5, 0.6) is 0 Å². The van der Waals surface area contributed by atoms with Crippen molar-refractivity contribution in [2.45, 2.75) is 37.2 Å². The Labute approximate surface area is 178 Å². The number of thiophene rings is 1. The summed E-state index contributed by atoms with van der Waals surface area (Å²) in [4.78, 5) is 16.7. The van der Waals surface area contributed by atoms with Gasteiger partial charge in [-0.1, -0.05) is 24.1 Å². The zero-order valence-electron chi connectivity index (χ0n) is 16.2. The van der Waals surface area contributed by atoms with Crippen LogP contribution in [0.4, 0.5) is 0 Å². The van der Waals surface area contributed by atoms with Gasteiger partial charge in [-0.25, -0.2) is 13.2 Å². The van der Waals surface area contributed by atoms with Gasteiger partial charge in [0.15, 0.2) is 6.61 Å². The van der Waals surface area contributed by atoms with E-state index in [1.165, 1.54) is 33.8 Å². The minimum atomic E-state index is -3.64. The first-order valence-corrected chi connectivity index (χ1v) is 12.0. The Bertz CT molecular complexity index is 1100. The SMILES string of the molecule is O=C(OCc1nc(-c2ccsc2)no1)c1cccc(S(=O)(=O)N2CCCCCC2)c1. The third kappa shape index (κ3) is 4.61. The third-order valence-corrected chi connectivity index (χ3v) is 7.42. The van der Waals surface area contributed by atoms with Gasteiger partial charge in [0.2, 0.25) is 15.8 Å². The average Bonchev–Trinajstić information content (AvgIpc) is 3.38. The summed E-state index contributed by atoms with van der Waals surface area (Å²) >= 11 is 1.51. The molecule has 4 rings (SSSR count). The predicted octanol–water partition coefficient (Wildman–Crippen LogP) is 3.72. The van der Waals surface area contributed by atoms with E-state index in [9.17, 15) is 13.2 Å². The highest BCUT2D eigenvalue weighted by atomic mass is 32.2. The number of esters is 1. The van der Waals surface area contributed by atoms with Crippen LogP contribution in [0.15, 0.2) is 50.5 Å². The molecule has 8 nitrogen and oxygen atoms in total. The number of carbonyl (C=O) groups is 1. The molecule has 1 aromatic carbocycles. The highest BCUT2D eigenvalue weighted by Gasteiger charge is 2.26. The highest BCUT2D eigenvalue weighted by Crippen LogP contribution is 2.22. The molecule has 1 saturated heterocycles. The van der Waals surface area contributed by atoms with Crippen molar-refractivity contribution in [3.05, 3.63) is 52.5 Å². The molecule has 3 heterocycles. The third-order valence-electron chi connectivity index (χ3n) is 4.85. The van der Waals surface area contributed by atoms with E-state index in [-0.39, 0.29) is 23.0 Å². The Morgan fingerprint density at radius 2 is 1.97 bits per heavy atom. The van der Waals surface area contributed by atoms with Crippen LogP contribution in [0.1, 0.15) is 41.9 Å². The molecule has 158 valence electrons. The zero-order valence-corrected chi connectivity index (χ0v) is 17.8. The minimum absolute atomic E-state index is 0.0939. The molecule has 1 fully saturated rings. The molecule has 3 aromatic rings. The van der Waals surface area contributed by atoms with Gasteiger partial charge in [-0.3, -0.25) is 0 Å². The van der Waals surface area contributed by atoms with Gasteiger partial charge in [-0.2, -0.15) is 20.6 Å². The summed E-state index contributed by atoms with van der Waals surface area (Å²) < 4.78 is 37.7. The number of aromatic nitrogens is 2. The number of ether oxygens (including phenoxy) is 1. The van der Waals surface area contributed by atoms with Crippen molar-refractivity contribution in [2.24, 2.45) is 0 Å². The molecule has 0 saturated carbocycles. The summed E-state index contributed by atoms with van der Waals surface area (Å²) in [5, 5.41) is 7.65. The Hall–Kier alpha value is -2.56. The van der Waals surface area contributed by atoms with E-state index in [4.69, 9.17) is 9.26 Å². The smallest absolute Gasteiger partial charge is 0.338 e. The standard InChI is InChI=1S/C20H21N3O5S2/c24-20(27-13-18-21-19(22-28-18)16-8-11-29-14-16)15-6-5-7-17(12-15)30(25,26)23-9-3-1-2-4-10-23/h5-8,11-12,14H,1-4,9-10,13H2. The molecule has 0 atom stereocenters. The normalized spacial score (nSPS) is 15.6. The number of hydrogen-bond acceptors (Lipinski definition) is 8. The van der Waals surface area contributed by atoms with Crippen molar-refractivity contribution in [1.82, 2.24) is 14.4 Å². The van der Waals surface area contributed by atoms with Crippen molar-refractivity contribution in [3.63, 3.8) is 0 Å². The number of sulfonamides is 1. The van der Waals surface area contributed by atoms with Gasteiger partial charge < -0.3 is 9.26 Å². The fourth-order valence-electron chi connectivity index (χ4n) is 3.25. The lowest BCUT2D eigenvalue weighted by atomic mass is 10.2. The van der Waals surface area contributed by atoms with Gasteiger partial charge in [-0.05, 0) is 42.5 Å². The molecule has 0 N–H and O–H groups in total. The average molecular weight is 448 g/mol. The Kier molecular flexibility index (Phi) is 6.26. The summed E-state index contributed by atoms with van der Waals surface area (Å²) in [6.45, 7) is 0.806. The van der Waals surface area contributed by atoms with E-state index in [1.54, 1.807) is 6.07 Å². The summed E-state index contributed by atoms with van der Waals surface area (Å²) in [6.07, 6.45) is 3.75. The van der Waals surface area contributed by atoms with Crippen molar-refractivity contribution < 1.29 is 22.5 Å². The molecule has 2 aromatic heterocycles.